The van der Waals surface area contributed by atoms with Crippen LogP contribution >= 0.6 is 11.8 Å². The van der Waals surface area contributed by atoms with E-state index in [0.29, 0.717) is 5.41 Å². The monoisotopic (exact) mass is 245 g/mol. The van der Waals surface area contributed by atoms with Gasteiger partial charge in [-0.2, -0.15) is 11.8 Å². The second-order valence-electron chi connectivity index (χ2n) is 6.51. The highest BCUT2D eigenvalue weighted by Crippen LogP contribution is 2.32. The molecule has 1 nitrogen and oxygen atoms in total. The van der Waals surface area contributed by atoms with Crippen LogP contribution in [0.15, 0.2) is 0 Å². The molecule has 0 aromatic carbocycles. The Morgan fingerprint density at radius 2 is 1.69 bits per heavy atom. The van der Waals surface area contributed by atoms with E-state index in [-0.39, 0.29) is 5.54 Å². The highest BCUT2D eigenvalue weighted by molar-refractivity contribution is 7.98. The normalized spacial score (nSPS) is 16.5. The summed E-state index contributed by atoms with van der Waals surface area (Å²) in [6.45, 7) is 15.0. The fourth-order valence-electron chi connectivity index (χ4n) is 1.67. The minimum atomic E-state index is 0.232. The van der Waals surface area contributed by atoms with Crippen LogP contribution < -0.4 is 5.32 Å². The van der Waals surface area contributed by atoms with Gasteiger partial charge in [0, 0.05) is 12.1 Å². The Kier molecular flexibility index (Phi) is 7.04. The molecule has 0 saturated heterocycles. The molecule has 1 atom stereocenters. The van der Waals surface area contributed by atoms with Crippen LogP contribution in [0.5, 0.6) is 0 Å². The quantitative estimate of drug-likeness (QED) is 0.675. The van der Waals surface area contributed by atoms with Crippen LogP contribution in [0.3, 0.4) is 0 Å². The summed E-state index contributed by atoms with van der Waals surface area (Å²) in [5.41, 5.74) is 0.665. The van der Waals surface area contributed by atoms with E-state index in [4.69, 9.17) is 0 Å². The molecule has 1 unspecified atom stereocenters. The molecule has 0 aromatic rings. The van der Waals surface area contributed by atoms with E-state index in [1.165, 1.54) is 18.6 Å². The molecule has 0 radical (unpaired) electrons. The Labute approximate surface area is 107 Å². The standard InChI is InChI=1S/C14H31NS/c1-12(2)14(6,9-8-10-16-7)11-15-13(3,4)5/h12,15H,8-11H2,1-7H3. The molecule has 0 aliphatic carbocycles. The molecule has 0 bridgehead atoms. The molecule has 1 N–H and O–H groups in total. The van der Waals surface area contributed by atoms with E-state index in [2.05, 4.69) is 53.1 Å². The topological polar surface area (TPSA) is 12.0 Å². The Balaban J connectivity index is 4.22. The summed E-state index contributed by atoms with van der Waals surface area (Å²) in [6, 6.07) is 0. The first-order chi connectivity index (χ1) is 7.21. The number of hydrogen-bond acceptors (Lipinski definition) is 2. The molecule has 0 spiro atoms. The average molecular weight is 245 g/mol. The third-order valence-corrected chi connectivity index (χ3v) is 4.21. The first-order valence-corrected chi connectivity index (χ1v) is 7.84. The molecule has 0 aliphatic heterocycles. The average Bonchev–Trinajstić information content (AvgIpc) is 2.14. The van der Waals surface area contributed by atoms with Crippen molar-refractivity contribution >= 4 is 11.8 Å². The van der Waals surface area contributed by atoms with Crippen molar-refractivity contribution in [3.8, 4) is 0 Å². The second kappa shape index (κ2) is 6.90. The Morgan fingerprint density at radius 3 is 2.06 bits per heavy atom. The molecule has 0 saturated carbocycles. The van der Waals surface area contributed by atoms with Crippen LogP contribution in [0.1, 0.15) is 54.4 Å². The first kappa shape index (κ1) is 16.3. The van der Waals surface area contributed by atoms with Gasteiger partial charge < -0.3 is 5.32 Å². The predicted molar refractivity (Wildman–Crippen MR) is 78.3 cm³/mol. The van der Waals surface area contributed by atoms with Gasteiger partial charge in [-0.25, -0.2) is 0 Å². The minimum absolute atomic E-state index is 0.232. The van der Waals surface area contributed by atoms with Gasteiger partial charge in [0.2, 0.25) is 0 Å². The van der Waals surface area contributed by atoms with Crippen molar-refractivity contribution in [2.24, 2.45) is 11.3 Å². The van der Waals surface area contributed by atoms with Crippen molar-refractivity contribution < 1.29 is 0 Å². The summed E-state index contributed by atoms with van der Waals surface area (Å²) in [5.74, 6) is 2.03. The molecular formula is C14H31NS. The lowest BCUT2D eigenvalue weighted by Crippen LogP contribution is -2.44. The third-order valence-electron chi connectivity index (χ3n) is 3.51. The summed E-state index contributed by atoms with van der Waals surface area (Å²) >= 11 is 1.96. The minimum Gasteiger partial charge on any atom is -0.312 e. The van der Waals surface area contributed by atoms with Crippen molar-refractivity contribution in [2.45, 2.75) is 59.9 Å². The van der Waals surface area contributed by atoms with Crippen molar-refractivity contribution in [3.63, 3.8) is 0 Å². The maximum atomic E-state index is 3.66. The summed E-state index contributed by atoms with van der Waals surface area (Å²) in [6.07, 6.45) is 4.86. The van der Waals surface area contributed by atoms with Crippen molar-refractivity contribution in [3.05, 3.63) is 0 Å². The van der Waals surface area contributed by atoms with Crippen molar-refractivity contribution in [2.75, 3.05) is 18.6 Å². The lowest BCUT2D eigenvalue weighted by molar-refractivity contribution is 0.173. The van der Waals surface area contributed by atoms with E-state index in [9.17, 15) is 0 Å². The Hall–Kier alpha value is 0.310. The molecule has 0 amide bonds. The summed E-state index contributed by atoms with van der Waals surface area (Å²) in [4.78, 5) is 0. The molecule has 0 aliphatic rings. The lowest BCUT2D eigenvalue weighted by atomic mass is 9.75. The molecule has 16 heavy (non-hydrogen) atoms. The third kappa shape index (κ3) is 6.80. The maximum absolute atomic E-state index is 3.66. The molecule has 0 heterocycles. The smallest absolute Gasteiger partial charge is 0.00967 e. The highest BCUT2D eigenvalue weighted by Gasteiger charge is 2.28. The van der Waals surface area contributed by atoms with E-state index in [1.807, 2.05) is 11.8 Å². The molecule has 98 valence electrons. The SMILES string of the molecule is CSCCCC(C)(CNC(C)(C)C)C(C)C. The van der Waals surface area contributed by atoms with E-state index in [0.717, 1.165) is 12.5 Å². The van der Waals surface area contributed by atoms with Crippen LogP contribution in [-0.4, -0.2) is 24.1 Å². The molecule has 2 heteroatoms. The zero-order chi connectivity index (χ0) is 12.8. The molecule has 0 rings (SSSR count). The summed E-state index contributed by atoms with van der Waals surface area (Å²) < 4.78 is 0. The number of hydrogen-bond donors (Lipinski definition) is 1. The van der Waals surface area contributed by atoms with E-state index >= 15 is 0 Å². The van der Waals surface area contributed by atoms with E-state index < -0.39 is 0 Å². The lowest BCUT2D eigenvalue weighted by Gasteiger charge is -2.37. The van der Waals surface area contributed by atoms with Gasteiger partial charge in [-0.15, -0.1) is 0 Å². The summed E-state index contributed by atoms with van der Waals surface area (Å²) in [7, 11) is 0. The zero-order valence-corrected chi connectivity index (χ0v) is 13.1. The van der Waals surface area contributed by atoms with Gasteiger partial charge in [0.25, 0.3) is 0 Å². The Bertz CT molecular complexity index is 184. The fraction of sp³-hybridized carbons (Fsp3) is 1.00. The maximum Gasteiger partial charge on any atom is 0.00967 e. The van der Waals surface area contributed by atoms with Gasteiger partial charge >= 0.3 is 0 Å². The van der Waals surface area contributed by atoms with Gasteiger partial charge in [-0.05, 0) is 57.0 Å². The van der Waals surface area contributed by atoms with Crippen LogP contribution in [-0.2, 0) is 0 Å². The van der Waals surface area contributed by atoms with Crippen LogP contribution in [0.2, 0.25) is 0 Å². The number of rotatable bonds is 7. The highest BCUT2D eigenvalue weighted by atomic mass is 32.2. The van der Waals surface area contributed by atoms with Crippen LogP contribution in [0, 0.1) is 11.3 Å². The van der Waals surface area contributed by atoms with Gasteiger partial charge in [0.1, 0.15) is 0 Å². The number of nitrogens with one attached hydrogen (secondary N) is 1. The number of thioether (sulfide) groups is 1. The fourth-order valence-corrected chi connectivity index (χ4v) is 2.10. The molecule has 0 aromatic heterocycles. The van der Waals surface area contributed by atoms with Crippen molar-refractivity contribution in [1.82, 2.24) is 5.32 Å². The van der Waals surface area contributed by atoms with Gasteiger partial charge in [0.05, 0.1) is 0 Å². The first-order valence-electron chi connectivity index (χ1n) is 6.45. The Morgan fingerprint density at radius 1 is 1.12 bits per heavy atom. The van der Waals surface area contributed by atoms with Crippen LogP contribution in [0.4, 0.5) is 0 Å². The zero-order valence-electron chi connectivity index (χ0n) is 12.3. The molecular weight excluding hydrogens is 214 g/mol. The van der Waals surface area contributed by atoms with Crippen LogP contribution in [0.25, 0.3) is 0 Å². The second-order valence-corrected chi connectivity index (χ2v) is 7.49. The van der Waals surface area contributed by atoms with Crippen molar-refractivity contribution in [1.29, 1.82) is 0 Å². The summed E-state index contributed by atoms with van der Waals surface area (Å²) in [5, 5.41) is 3.66. The van der Waals surface area contributed by atoms with Gasteiger partial charge in [-0.1, -0.05) is 20.8 Å². The molecule has 0 fully saturated rings. The van der Waals surface area contributed by atoms with Gasteiger partial charge in [-0.3, -0.25) is 0 Å². The largest absolute Gasteiger partial charge is 0.312 e. The van der Waals surface area contributed by atoms with E-state index in [1.54, 1.807) is 0 Å². The predicted octanol–water partition coefficient (Wildman–Crippen LogP) is 4.18. The van der Waals surface area contributed by atoms with Gasteiger partial charge in [0.15, 0.2) is 0 Å².